The Balaban J connectivity index is 2.25. The Kier molecular flexibility index (Phi) is 5.22. The van der Waals surface area contributed by atoms with E-state index in [4.69, 9.17) is 5.11 Å². The summed E-state index contributed by atoms with van der Waals surface area (Å²) < 4.78 is 0. The van der Waals surface area contributed by atoms with E-state index in [9.17, 15) is 4.79 Å². The second-order valence-corrected chi connectivity index (χ2v) is 4.89. The molecule has 0 aromatic carbocycles. The molecule has 0 aromatic heterocycles. The average Bonchev–Trinajstić information content (AvgIpc) is 2.30. The lowest BCUT2D eigenvalue weighted by Gasteiger charge is -2.29. The quantitative estimate of drug-likeness (QED) is 0.720. The van der Waals surface area contributed by atoms with Crippen LogP contribution in [0.5, 0.6) is 0 Å². The molecule has 1 aliphatic heterocycles. The van der Waals surface area contributed by atoms with E-state index in [1.54, 1.807) is 14.0 Å². The third kappa shape index (κ3) is 3.76. The lowest BCUT2D eigenvalue weighted by Crippen LogP contribution is -2.48. The molecule has 4 nitrogen and oxygen atoms in total. The Labute approximate surface area is 98.0 Å². The number of likely N-dealkylation sites (tertiary alicyclic amines) is 1. The van der Waals surface area contributed by atoms with Gasteiger partial charge in [-0.25, -0.2) is 0 Å². The van der Waals surface area contributed by atoms with Crippen LogP contribution >= 0.6 is 0 Å². The molecule has 0 bridgehead atoms. The van der Waals surface area contributed by atoms with Gasteiger partial charge in [0.05, 0.1) is 0 Å². The second kappa shape index (κ2) is 6.21. The van der Waals surface area contributed by atoms with Gasteiger partial charge in [0.1, 0.15) is 5.54 Å². The lowest BCUT2D eigenvalue weighted by molar-refractivity contribution is -0.144. The molecule has 4 heteroatoms. The fraction of sp³-hybridized carbons (Fsp3) is 0.917. The van der Waals surface area contributed by atoms with Crippen molar-refractivity contribution in [1.82, 2.24) is 10.2 Å². The number of hydrogen-bond donors (Lipinski definition) is 2. The van der Waals surface area contributed by atoms with Gasteiger partial charge in [0.2, 0.25) is 0 Å². The topological polar surface area (TPSA) is 52.6 Å². The molecule has 0 spiro atoms. The van der Waals surface area contributed by atoms with Crippen molar-refractivity contribution in [2.75, 3.05) is 26.7 Å². The predicted molar refractivity (Wildman–Crippen MR) is 64.6 cm³/mol. The van der Waals surface area contributed by atoms with E-state index in [1.807, 2.05) is 0 Å². The Bertz CT molecular complexity index is 227. The highest BCUT2D eigenvalue weighted by atomic mass is 16.4. The SMILES string of the molecule is CNC(C)(CCCN1CCCCC1)C(=O)O. The number of carboxylic acid groups (broad SMARTS) is 1. The number of carbonyl (C=O) groups is 1. The van der Waals surface area contributed by atoms with Crippen LogP contribution in [0.15, 0.2) is 0 Å². The third-order valence-corrected chi connectivity index (χ3v) is 3.62. The smallest absolute Gasteiger partial charge is 0.323 e. The van der Waals surface area contributed by atoms with Crippen LogP contribution in [0.25, 0.3) is 0 Å². The molecule has 1 rings (SSSR count). The van der Waals surface area contributed by atoms with Gasteiger partial charge in [0.15, 0.2) is 0 Å². The van der Waals surface area contributed by atoms with Gasteiger partial charge in [0.25, 0.3) is 0 Å². The maximum Gasteiger partial charge on any atom is 0.323 e. The van der Waals surface area contributed by atoms with Crippen molar-refractivity contribution in [2.24, 2.45) is 0 Å². The highest BCUT2D eigenvalue weighted by molar-refractivity contribution is 5.78. The highest BCUT2D eigenvalue weighted by Crippen LogP contribution is 2.14. The molecule has 0 saturated carbocycles. The summed E-state index contributed by atoms with van der Waals surface area (Å²) in [4.78, 5) is 13.5. The van der Waals surface area contributed by atoms with Crippen molar-refractivity contribution in [3.63, 3.8) is 0 Å². The van der Waals surface area contributed by atoms with Crippen LogP contribution in [0, 0.1) is 0 Å². The van der Waals surface area contributed by atoms with Crippen molar-refractivity contribution in [3.05, 3.63) is 0 Å². The van der Waals surface area contributed by atoms with Crippen molar-refractivity contribution < 1.29 is 9.90 Å². The molecule has 0 radical (unpaired) electrons. The van der Waals surface area contributed by atoms with Crippen LogP contribution in [0.3, 0.4) is 0 Å². The molecule has 0 aromatic rings. The van der Waals surface area contributed by atoms with Gasteiger partial charge in [0, 0.05) is 0 Å². The Morgan fingerprint density at radius 1 is 1.38 bits per heavy atom. The zero-order chi connectivity index (χ0) is 12.0. The summed E-state index contributed by atoms with van der Waals surface area (Å²) in [6.45, 7) is 5.16. The Hall–Kier alpha value is -0.610. The number of hydrogen-bond acceptors (Lipinski definition) is 3. The van der Waals surface area contributed by atoms with Crippen LogP contribution < -0.4 is 5.32 Å². The summed E-state index contributed by atoms with van der Waals surface area (Å²) >= 11 is 0. The molecule has 1 fully saturated rings. The summed E-state index contributed by atoms with van der Waals surface area (Å²) in [5.41, 5.74) is -0.768. The minimum atomic E-state index is -0.768. The van der Waals surface area contributed by atoms with Gasteiger partial charge in [-0.1, -0.05) is 6.42 Å². The normalized spacial score (nSPS) is 21.6. The molecule has 1 saturated heterocycles. The maximum absolute atomic E-state index is 11.1. The van der Waals surface area contributed by atoms with Gasteiger partial charge in [-0.05, 0) is 59.3 Å². The summed E-state index contributed by atoms with van der Waals surface area (Å²) in [6, 6.07) is 0. The van der Waals surface area contributed by atoms with E-state index >= 15 is 0 Å². The van der Waals surface area contributed by atoms with E-state index in [1.165, 1.54) is 32.4 Å². The largest absolute Gasteiger partial charge is 0.480 e. The minimum Gasteiger partial charge on any atom is -0.480 e. The number of piperidine rings is 1. The van der Waals surface area contributed by atoms with Crippen molar-refractivity contribution in [1.29, 1.82) is 0 Å². The van der Waals surface area contributed by atoms with Gasteiger partial charge >= 0.3 is 5.97 Å². The van der Waals surface area contributed by atoms with Gasteiger partial charge in [-0.2, -0.15) is 0 Å². The molecule has 1 aliphatic rings. The first-order valence-electron chi connectivity index (χ1n) is 6.23. The van der Waals surface area contributed by atoms with Crippen molar-refractivity contribution in [2.45, 2.75) is 44.6 Å². The average molecular weight is 228 g/mol. The van der Waals surface area contributed by atoms with E-state index in [0.29, 0.717) is 6.42 Å². The number of rotatable bonds is 6. The fourth-order valence-corrected chi connectivity index (χ4v) is 2.18. The second-order valence-electron chi connectivity index (χ2n) is 4.89. The Morgan fingerprint density at radius 2 is 2.00 bits per heavy atom. The fourth-order valence-electron chi connectivity index (χ4n) is 2.18. The minimum absolute atomic E-state index is 0.690. The summed E-state index contributed by atoms with van der Waals surface area (Å²) in [5.74, 6) is -0.756. The number of likely N-dealkylation sites (N-methyl/N-ethyl adjacent to an activating group) is 1. The Morgan fingerprint density at radius 3 is 2.50 bits per heavy atom. The van der Waals surface area contributed by atoms with Gasteiger partial charge < -0.3 is 15.3 Å². The van der Waals surface area contributed by atoms with E-state index in [0.717, 1.165) is 13.0 Å². The highest BCUT2D eigenvalue weighted by Gasteiger charge is 2.30. The first-order valence-corrected chi connectivity index (χ1v) is 6.23. The van der Waals surface area contributed by atoms with E-state index < -0.39 is 11.5 Å². The molecule has 0 amide bonds. The van der Waals surface area contributed by atoms with Crippen molar-refractivity contribution >= 4 is 5.97 Å². The zero-order valence-electron chi connectivity index (χ0n) is 10.5. The van der Waals surface area contributed by atoms with Gasteiger partial charge in [-0.15, -0.1) is 0 Å². The maximum atomic E-state index is 11.1. The molecule has 0 aliphatic carbocycles. The molecule has 1 atom stereocenters. The van der Waals surface area contributed by atoms with Crippen LogP contribution in [0.1, 0.15) is 39.0 Å². The zero-order valence-corrected chi connectivity index (χ0v) is 10.5. The summed E-state index contributed by atoms with van der Waals surface area (Å²) in [6.07, 6.45) is 5.57. The summed E-state index contributed by atoms with van der Waals surface area (Å²) in [5, 5.41) is 12.0. The standard InChI is InChI=1S/C12H24N2O2/c1-12(13-2,11(15)16)7-6-10-14-8-4-3-5-9-14/h13H,3-10H2,1-2H3,(H,15,16). The lowest BCUT2D eigenvalue weighted by atomic mass is 9.96. The molecule has 1 unspecified atom stereocenters. The number of nitrogens with one attached hydrogen (secondary N) is 1. The number of nitrogens with zero attached hydrogens (tertiary/aromatic N) is 1. The van der Waals surface area contributed by atoms with Crippen molar-refractivity contribution in [3.8, 4) is 0 Å². The first kappa shape index (κ1) is 13.5. The third-order valence-electron chi connectivity index (χ3n) is 3.62. The molecule has 16 heavy (non-hydrogen) atoms. The number of aliphatic carboxylic acids is 1. The molecular formula is C12H24N2O2. The van der Waals surface area contributed by atoms with Crippen LogP contribution in [0.2, 0.25) is 0 Å². The van der Waals surface area contributed by atoms with Gasteiger partial charge in [-0.3, -0.25) is 4.79 Å². The van der Waals surface area contributed by atoms with Crippen LogP contribution in [-0.2, 0) is 4.79 Å². The summed E-state index contributed by atoms with van der Waals surface area (Å²) in [7, 11) is 1.72. The molecule has 94 valence electrons. The number of carboxylic acids is 1. The van der Waals surface area contributed by atoms with E-state index in [2.05, 4.69) is 10.2 Å². The predicted octanol–water partition coefficient (Wildman–Crippen LogP) is 1.32. The molecule has 1 heterocycles. The first-order chi connectivity index (χ1) is 7.58. The van der Waals surface area contributed by atoms with Crippen LogP contribution in [-0.4, -0.2) is 48.2 Å². The molecule has 2 N–H and O–H groups in total. The monoisotopic (exact) mass is 228 g/mol. The van der Waals surface area contributed by atoms with E-state index in [-0.39, 0.29) is 0 Å². The van der Waals surface area contributed by atoms with Crippen LogP contribution in [0.4, 0.5) is 0 Å². The molecular weight excluding hydrogens is 204 g/mol.